The van der Waals surface area contributed by atoms with Crippen LogP contribution >= 0.6 is 0 Å². The first-order chi connectivity index (χ1) is 34.3. The van der Waals surface area contributed by atoms with Crippen molar-refractivity contribution in [3.05, 3.63) is 105 Å². The highest BCUT2D eigenvalue weighted by Crippen LogP contribution is 2.61. The van der Waals surface area contributed by atoms with E-state index < -0.39 is 23.4 Å². The van der Waals surface area contributed by atoms with Crippen molar-refractivity contribution in [2.75, 3.05) is 73.6 Å². The standard InChI is InChI=1S/C56H73N5O10/c1-32(2)24-55(3,67)28-59-30-60-29-56(69-31-58-5)25-44-41-23-43-48(34-8-12-45-33(19-34)14-15-61-45)37(26-57-4)21-42-46(65)13-11-39(49(42)43)50(41)53-40(10-9-38(27-64)70-53)52(44)71-54(56)36-20-35(7-6-16-62)51(66)47(22-36)68-18-17-63/h8,11-15,19-22,32,38,43,48,54,57-67H,6-7,9-10,16-18,23-31H2,1-5H3/t38-,43-,48+,54-,55+,56+/m1/s1. The second-order valence-electron chi connectivity index (χ2n) is 20.7. The zero-order chi connectivity index (χ0) is 50.0. The number of fused-ring (bicyclic) bond motifs is 8. The molecule has 0 bridgehead atoms. The van der Waals surface area contributed by atoms with Crippen molar-refractivity contribution in [3.8, 4) is 39.9 Å². The summed E-state index contributed by atoms with van der Waals surface area (Å²) >= 11 is 0. The van der Waals surface area contributed by atoms with Gasteiger partial charge in [-0.1, -0.05) is 26.0 Å². The molecule has 382 valence electrons. The molecule has 11 N–H and O–H groups in total. The third-order valence-electron chi connectivity index (χ3n) is 14.9. The molecular weight excluding hydrogens is 903 g/mol. The minimum atomic E-state index is -1.12. The Hall–Kier alpha value is -5.20. The topological polar surface area (TPSA) is 222 Å². The molecule has 0 amide bonds. The van der Waals surface area contributed by atoms with E-state index in [1.54, 1.807) is 12.1 Å². The first kappa shape index (κ1) is 50.7. The summed E-state index contributed by atoms with van der Waals surface area (Å²) in [5.41, 5.74) is 9.34. The van der Waals surface area contributed by atoms with E-state index in [1.807, 2.05) is 39.3 Å². The molecule has 2 aliphatic heterocycles. The second-order valence-corrected chi connectivity index (χ2v) is 20.7. The molecule has 71 heavy (non-hydrogen) atoms. The molecule has 0 saturated heterocycles. The molecular formula is C56H73N5O10. The Balaban J connectivity index is 1.25. The molecule has 3 heterocycles. The lowest BCUT2D eigenvalue weighted by molar-refractivity contribution is -0.129. The van der Waals surface area contributed by atoms with Gasteiger partial charge in [0.1, 0.15) is 35.6 Å². The lowest BCUT2D eigenvalue weighted by Gasteiger charge is -2.48. The number of aryl methyl sites for hydroxylation is 1. The van der Waals surface area contributed by atoms with Crippen molar-refractivity contribution in [3.63, 3.8) is 0 Å². The van der Waals surface area contributed by atoms with Gasteiger partial charge in [-0.2, -0.15) is 0 Å². The Bertz CT molecular complexity index is 2710. The molecule has 4 aromatic carbocycles. The van der Waals surface area contributed by atoms with Crippen LogP contribution in [0.25, 0.3) is 28.1 Å². The predicted molar refractivity (Wildman–Crippen MR) is 275 cm³/mol. The van der Waals surface area contributed by atoms with Crippen molar-refractivity contribution in [1.82, 2.24) is 26.3 Å². The molecule has 0 saturated carbocycles. The number of phenolic OH excluding ortho intramolecular Hbond substituents is 2. The number of phenols is 2. The normalized spacial score (nSPS) is 21.9. The number of nitrogens with one attached hydrogen (secondary N) is 5. The summed E-state index contributed by atoms with van der Waals surface area (Å²) in [6, 6.07) is 16.2. The number of benzene rings is 4. The van der Waals surface area contributed by atoms with Crippen LogP contribution in [0, 0.1) is 5.92 Å². The number of hydrogen-bond donors (Lipinski definition) is 11. The molecule has 0 unspecified atom stereocenters. The van der Waals surface area contributed by atoms with Gasteiger partial charge in [0.15, 0.2) is 17.6 Å². The maximum atomic E-state index is 11.7. The fraction of sp³-hybridized carbons (Fsp3) is 0.500. The van der Waals surface area contributed by atoms with Crippen molar-refractivity contribution in [2.24, 2.45) is 5.92 Å². The quantitative estimate of drug-likeness (QED) is 0.0291. The van der Waals surface area contributed by atoms with E-state index in [0.29, 0.717) is 99.8 Å². The number of ether oxygens (including phenoxy) is 4. The van der Waals surface area contributed by atoms with Crippen LogP contribution < -0.4 is 35.5 Å². The van der Waals surface area contributed by atoms with E-state index in [9.17, 15) is 30.6 Å². The lowest BCUT2D eigenvalue weighted by Crippen LogP contribution is -2.56. The van der Waals surface area contributed by atoms with Gasteiger partial charge in [0, 0.05) is 79.2 Å². The fourth-order valence-electron chi connectivity index (χ4n) is 12.1. The van der Waals surface area contributed by atoms with Crippen molar-refractivity contribution >= 4 is 17.0 Å². The van der Waals surface area contributed by atoms with E-state index in [4.69, 9.17) is 18.9 Å². The average Bonchev–Trinajstić information content (AvgIpc) is 3.83. The average molecular weight is 976 g/mol. The molecule has 0 spiro atoms. The fourth-order valence-corrected chi connectivity index (χ4v) is 12.1. The van der Waals surface area contributed by atoms with Gasteiger partial charge in [-0.05, 0) is 158 Å². The Morgan fingerprint density at radius 2 is 1.77 bits per heavy atom. The zero-order valence-electron chi connectivity index (χ0n) is 41.8. The summed E-state index contributed by atoms with van der Waals surface area (Å²) in [6.45, 7) is 7.30. The minimum Gasteiger partial charge on any atom is -0.507 e. The number of aliphatic hydroxyl groups is 4. The van der Waals surface area contributed by atoms with E-state index in [1.165, 1.54) is 5.56 Å². The van der Waals surface area contributed by atoms with Crippen LogP contribution in [0.2, 0.25) is 0 Å². The van der Waals surface area contributed by atoms with Crippen molar-refractivity contribution in [2.45, 2.75) is 101 Å². The summed E-state index contributed by atoms with van der Waals surface area (Å²) in [5.74, 6) is 1.87. The third-order valence-corrected chi connectivity index (χ3v) is 14.9. The van der Waals surface area contributed by atoms with Crippen molar-refractivity contribution in [1.29, 1.82) is 0 Å². The Kier molecular flexibility index (Phi) is 15.4. The predicted octanol–water partition coefficient (Wildman–Crippen LogP) is 5.81. The number of aliphatic hydroxyl groups excluding tert-OH is 3. The van der Waals surface area contributed by atoms with Crippen LogP contribution in [-0.2, 0) is 30.4 Å². The highest BCUT2D eigenvalue weighted by molar-refractivity contribution is 5.90. The van der Waals surface area contributed by atoms with Crippen LogP contribution in [0.1, 0.15) is 102 Å². The van der Waals surface area contributed by atoms with Gasteiger partial charge < -0.3 is 70.5 Å². The molecule has 0 fully saturated rings. The minimum absolute atomic E-state index is 0.0452. The summed E-state index contributed by atoms with van der Waals surface area (Å²) < 4.78 is 27.7. The van der Waals surface area contributed by atoms with Crippen LogP contribution in [0.3, 0.4) is 0 Å². The van der Waals surface area contributed by atoms with Crippen LogP contribution in [0.15, 0.2) is 60.3 Å². The highest BCUT2D eigenvalue weighted by Gasteiger charge is 2.51. The number of rotatable bonds is 22. The molecule has 5 aromatic rings. The third kappa shape index (κ3) is 10.0. The Labute approximate surface area is 416 Å². The zero-order valence-corrected chi connectivity index (χ0v) is 41.8. The summed E-state index contributed by atoms with van der Waals surface area (Å²) in [4.78, 5) is 3.36. The monoisotopic (exact) mass is 976 g/mol. The Morgan fingerprint density at radius 1 is 0.930 bits per heavy atom. The van der Waals surface area contributed by atoms with Gasteiger partial charge in [-0.15, -0.1) is 0 Å². The molecule has 15 nitrogen and oxygen atoms in total. The van der Waals surface area contributed by atoms with E-state index in [-0.39, 0.29) is 62.2 Å². The highest BCUT2D eigenvalue weighted by atomic mass is 16.6. The number of aromatic nitrogens is 1. The summed E-state index contributed by atoms with van der Waals surface area (Å²) in [6.07, 6.45) is 6.39. The van der Waals surface area contributed by atoms with Gasteiger partial charge in [-0.25, -0.2) is 0 Å². The number of aromatic amines is 1. The maximum Gasteiger partial charge on any atom is 0.161 e. The van der Waals surface area contributed by atoms with Gasteiger partial charge in [-0.3, -0.25) is 5.32 Å². The number of hydrogen-bond acceptors (Lipinski definition) is 14. The van der Waals surface area contributed by atoms with Crippen molar-refractivity contribution < 1.29 is 49.6 Å². The Morgan fingerprint density at radius 3 is 2.54 bits per heavy atom. The maximum absolute atomic E-state index is 11.7. The number of aromatic hydroxyl groups is 2. The second kappa shape index (κ2) is 21.5. The van der Waals surface area contributed by atoms with Crippen LogP contribution in [0.5, 0.6) is 28.7 Å². The summed E-state index contributed by atoms with van der Waals surface area (Å²) in [5, 5.41) is 79.7. The lowest BCUT2D eigenvalue weighted by atomic mass is 9.62. The molecule has 15 heteroatoms. The van der Waals surface area contributed by atoms with Gasteiger partial charge in [0.05, 0.1) is 25.5 Å². The van der Waals surface area contributed by atoms with E-state index in [0.717, 1.165) is 55.4 Å². The number of H-pyrrole nitrogens is 1. The molecule has 0 radical (unpaired) electrons. The number of likely N-dealkylation sites (N-methyl/N-ethyl adjacent to an activating group) is 1. The smallest absolute Gasteiger partial charge is 0.161 e. The molecule has 1 aromatic heterocycles. The van der Waals surface area contributed by atoms with Gasteiger partial charge in [0.25, 0.3) is 0 Å². The van der Waals surface area contributed by atoms with Crippen LogP contribution in [-0.4, -0.2) is 126 Å². The summed E-state index contributed by atoms with van der Waals surface area (Å²) in [7, 11) is 3.79. The molecule has 9 rings (SSSR count). The molecule has 2 aliphatic carbocycles. The first-order valence-corrected chi connectivity index (χ1v) is 25.4. The first-order valence-electron chi connectivity index (χ1n) is 25.4. The van der Waals surface area contributed by atoms with Gasteiger partial charge >= 0.3 is 0 Å². The van der Waals surface area contributed by atoms with E-state index in [2.05, 4.69) is 70.4 Å². The van der Waals surface area contributed by atoms with E-state index >= 15 is 0 Å². The molecule has 6 atom stereocenters. The largest absolute Gasteiger partial charge is 0.507 e. The van der Waals surface area contributed by atoms with Crippen LogP contribution in [0.4, 0.5) is 0 Å². The SMILES string of the molecule is CNCO[C@]1(CNCNC[C@@](C)(O)CC(C)C)Cc2c3c(c4c(c2O[C@@H]1c1cc(CCCO)c(O)c(OCCO)c1)CC[C@H](CO)O4)-c1ccc(O)c2c1[C@H](C3)[C@@H](c1ccc3[nH]ccc3c1)C(CNC)=C2. The molecule has 4 aliphatic rings. The van der Waals surface area contributed by atoms with Gasteiger partial charge in [0.2, 0.25) is 0 Å².